The van der Waals surface area contributed by atoms with Crippen molar-refractivity contribution in [3.05, 3.63) is 95.6 Å². The summed E-state index contributed by atoms with van der Waals surface area (Å²) in [6, 6.07) is 17.2. The minimum atomic E-state index is -1.30. The number of aliphatic hydroxyl groups excluding tert-OH is 1. The Hall–Kier alpha value is -3.91. The van der Waals surface area contributed by atoms with E-state index in [9.17, 15) is 14.7 Å². The lowest BCUT2D eigenvalue weighted by Crippen LogP contribution is -2.50. The first-order chi connectivity index (χ1) is 19.5. The molecule has 7 nitrogen and oxygen atoms in total. The molecule has 5 rings (SSSR count). The molecule has 2 heterocycles. The molecule has 2 N–H and O–H groups in total. The highest BCUT2D eigenvalue weighted by Crippen LogP contribution is 2.37. The fourth-order valence-electron chi connectivity index (χ4n) is 5.24. The smallest absolute Gasteiger partial charge is 0.272 e. The maximum absolute atomic E-state index is 15.1. The van der Waals surface area contributed by atoms with Gasteiger partial charge in [-0.3, -0.25) is 14.6 Å². The van der Waals surface area contributed by atoms with Crippen molar-refractivity contribution in [1.82, 2.24) is 10.3 Å². The molecule has 1 aliphatic carbocycles. The van der Waals surface area contributed by atoms with Crippen molar-refractivity contribution >= 4 is 23.2 Å². The number of hydrogen-bond donors (Lipinski definition) is 2. The Morgan fingerprint density at radius 2 is 1.85 bits per heavy atom. The third-order valence-corrected chi connectivity index (χ3v) is 7.62. The van der Waals surface area contributed by atoms with Gasteiger partial charge in [-0.25, -0.2) is 9.38 Å². The number of pyridine rings is 1. The molecule has 3 atom stereocenters. The van der Waals surface area contributed by atoms with Crippen LogP contribution in [0, 0.1) is 17.7 Å². The van der Waals surface area contributed by atoms with E-state index in [1.54, 1.807) is 53.7 Å². The third kappa shape index (κ3) is 6.28. The number of aliphatic imine (C=N–C) groups is 1. The number of hydrogen-bond acceptors (Lipinski definition) is 5. The number of nitrogens with one attached hydrogen (secondary N) is 1. The van der Waals surface area contributed by atoms with Crippen LogP contribution in [0.5, 0.6) is 0 Å². The van der Waals surface area contributed by atoms with Gasteiger partial charge in [0.05, 0.1) is 30.0 Å². The summed E-state index contributed by atoms with van der Waals surface area (Å²) in [5.74, 6) is -1.56. The number of nitrogens with zero attached hydrogens (tertiary/aromatic N) is 3. The van der Waals surface area contributed by atoms with E-state index in [1.807, 2.05) is 25.1 Å². The Kier molecular flexibility index (Phi) is 8.65. The number of aromatic nitrogens is 1. The number of carbonyl (C=O) groups is 2. The molecule has 2 amide bonds. The zero-order valence-corrected chi connectivity index (χ0v) is 22.7. The van der Waals surface area contributed by atoms with Crippen LogP contribution in [-0.4, -0.2) is 39.9 Å². The molecule has 3 aromatic rings. The molecular formula is C32H35FN4O3. The van der Waals surface area contributed by atoms with Crippen molar-refractivity contribution in [3.8, 4) is 0 Å². The zero-order chi connectivity index (χ0) is 28.1. The topological polar surface area (TPSA) is 94.9 Å². The van der Waals surface area contributed by atoms with Crippen molar-refractivity contribution < 1.29 is 19.1 Å². The van der Waals surface area contributed by atoms with Crippen LogP contribution >= 0.6 is 0 Å². The molecule has 0 spiro atoms. The number of unbranched alkanes of at least 4 members (excludes halogenated alkanes) is 1. The van der Waals surface area contributed by atoms with Gasteiger partial charge >= 0.3 is 0 Å². The van der Waals surface area contributed by atoms with Gasteiger partial charge in [0.2, 0.25) is 12.1 Å². The molecule has 0 radical (unpaired) electrons. The van der Waals surface area contributed by atoms with Gasteiger partial charge in [-0.05, 0) is 48.6 Å². The first-order valence-corrected chi connectivity index (χ1v) is 14.1. The Morgan fingerprint density at radius 1 is 1.10 bits per heavy atom. The lowest BCUT2D eigenvalue weighted by atomic mass is 9.91. The van der Waals surface area contributed by atoms with Crippen LogP contribution in [0.4, 0.5) is 10.1 Å². The molecule has 0 bridgehead atoms. The summed E-state index contributed by atoms with van der Waals surface area (Å²) < 4.78 is 15.1. The van der Waals surface area contributed by atoms with Crippen LogP contribution in [-0.2, 0) is 16.1 Å². The van der Waals surface area contributed by atoms with Gasteiger partial charge < -0.3 is 15.3 Å². The highest BCUT2D eigenvalue weighted by Gasteiger charge is 2.38. The van der Waals surface area contributed by atoms with Crippen molar-refractivity contribution in [2.75, 3.05) is 4.90 Å². The van der Waals surface area contributed by atoms with Gasteiger partial charge in [0.25, 0.3) is 5.91 Å². The van der Waals surface area contributed by atoms with Gasteiger partial charge in [0, 0.05) is 23.5 Å². The molecule has 1 fully saturated rings. The van der Waals surface area contributed by atoms with E-state index in [-0.39, 0.29) is 17.8 Å². The van der Waals surface area contributed by atoms with Gasteiger partial charge in [-0.1, -0.05) is 69.0 Å². The van der Waals surface area contributed by atoms with Crippen LogP contribution < -0.4 is 10.2 Å². The molecule has 8 heteroatoms. The average Bonchev–Trinajstić information content (AvgIpc) is 3.81. The van der Waals surface area contributed by atoms with Gasteiger partial charge in [-0.15, -0.1) is 0 Å². The molecule has 40 heavy (non-hydrogen) atoms. The summed E-state index contributed by atoms with van der Waals surface area (Å²) in [4.78, 5) is 38.3. The second-order valence-electron chi connectivity index (χ2n) is 10.7. The van der Waals surface area contributed by atoms with Crippen molar-refractivity contribution in [2.45, 2.75) is 64.3 Å². The van der Waals surface area contributed by atoms with Crippen LogP contribution in [0.15, 0.2) is 78.0 Å². The number of benzene rings is 2. The number of anilines is 1. The summed E-state index contributed by atoms with van der Waals surface area (Å²) >= 11 is 0. The molecule has 0 saturated heterocycles. The molecular weight excluding hydrogens is 507 g/mol. The van der Waals surface area contributed by atoms with Crippen LogP contribution in [0.2, 0.25) is 0 Å². The number of benzodiazepines with no additional fused rings is 1. The van der Waals surface area contributed by atoms with E-state index in [0.717, 1.165) is 31.2 Å². The fourth-order valence-corrected chi connectivity index (χ4v) is 5.24. The molecule has 2 aliphatic rings. The van der Waals surface area contributed by atoms with E-state index >= 15 is 4.39 Å². The van der Waals surface area contributed by atoms with Crippen molar-refractivity contribution in [2.24, 2.45) is 16.8 Å². The van der Waals surface area contributed by atoms with Gasteiger partial charge in [-0.2, -0.15) is 0 Å². The Bertz CT molecular complexity index is 1380. The predicted molar refractivity (Wildman–Crippen MR) is 152 cm³/mol. The van der Waals surface area contributed by atoms with E-state index < -0.39 is 35.8 Å². The summed E-state index contributed by atoms with van der Waals surface area (Å²) in [5.41, 5.74) is 2.47. The SMILES string of the molecule is CCCC[C@H](O)[C@@H](CC1CC1)C(=O)NC1N=C(c2ccccc2F)c2ccccc2N(Cc2cccnc2)C1=O. The quantitative estimate of drug-likeness (QED) is 0.356. The van der Waals surface area contributed by atoms with Gasteiger partial charge in [0.15, 0.2) is 0 Å². The molecule has 2 aromatic carbocycles. The van der Waals surface area contributed by atoms with Crippen molar-refractivity contribution in [1.29, 1.82) is 0 Å². The minimum Gasteiger partial charge on any atom is -0.392 e. The molecule has 208 valence electrons. The van der Waals surface area contributed by atoms with Crippen LogP contribution in [0.25, 0.3) is 0 Å². The Morgan fingerprint density at radius 3 is 2.55 bits per heavy atom. The molecule has 1 aliphatic heterocycles. The number of fused-ring (bicyclic) bond motifs is 1. The summed E-state index contributed by atoms with van der Waals surface area (Å²) in [6.07, 6.45) is 6.12. The number of amides is 2. The number of para-hydroxylation sites is 1. The van der Waals surface area contributed by atoms with E-state index in [0.29, 0.717) is 30.0 Å². The van der Waals surface area contributed by atoms with E-state index in [2.05, 4.69) is 10.3 Å². The van der Waals surface area contributed by atoms with Crippen LogP contribution in [0.1, 0.15) is 62.1 Å². The van der Waals surface area contributed by atoms with E-state index in [4.69, 9.17) is 4.99 Å². The lowest BCUT2D eigenvalue weighted by Gasteiger charge is -2.27. The van der Waals surface area contributed by atoms with Crippen LogP contribution in [0.3, 0.4) is 0 Å². The summed E-state index contributed by atoms with van der Waals surface area (Å²) in [7, 11) is 0. The monoisotopic (exact) mass is 542 g/mol. The zero-order valence-electron chi connectivity index (χ0n) is 22.7. The van der Waals surface area contributed by atoms with E-state index in [1.165, 1.54) is 6.07 Å². The fraction of sp³-hybridized carbons (Fsp3) is 0.375. The second-order valence-corrected chi connectivity index (χ2v) is 10.7. The number of carbonyl (C=O) groups excluding carboxylic acids is 2. The van der Waals surface area contributed by atoms with Crippen molar-refractivity contribution in [3.63, 3.8) is 0 Å². The maximum Gasteiger partial charge on any atom is 0.272 e. The minimum absolute atomic E-state index is 0.195. The Labute approximate surface area is 234 Å². The standard InChI is InChI=1S/C32H35FN4O3/c1-2-3-14-28(38)25(18-21-15-16-21)31(39)36-30-32(40)37(20-22-9-8-17-34-19-22)27-13-7-5-11-24(27)29(35-30)23-10-4-6-12-26(23)33/h4-13,17,19,21,25,28,30,38H,2-3,14-16,18,20H2,1H3,(H,36,39)/t25-,28+,30?/m1/s1. The lowest BCUT2D eigenvalue weighted by molar-refractivity contribution is -0.133. The van der Waals surface area contributed by atoms with Gasteiger partial charge in [0.1, 0.15) is 5.82 Å². The number of halogens is 1. The highest BCUT2D eigenvalue weighted by atomic mass is 19.1. The summed E-state index contributed by atoms with van der Waals surface area (Å²) in [6.45, 7) is 2.24. The normalized spacial score (nSPS) is 18.4. The third-order valence-electron chi connectivity index (χ3n) is 7.62. The highest BCUT2D eigenvalue weighted by molar-refractivity contribution is 6.20. The number of rotatable bonds is 11. The molecule has 1 unspecified atom stereocenters. The average molecular weight is 543 g/mol. The Balaban J connectivity index is 1.55. The molecule has 1 aromatic heterocycles. The first kappa shape index (κ1) is 27.6. The second kappa shape index (κ2) is 12.5. The molecule has 1 saturated carbocycles. The first-order valence-electron chi connectivity index (χ1n) is 14.1. The predicted octanol–water partition coefficient (Wildman–Crippen LogP) is 5.01. The largest absolute Gasteiger partial charge is 0.392 e. The maximum atomic E-state index is 15.1. The number of aliphatic hydroxyl groups is 1. The summed E-state index contributed by atoms with van der Waals surface area (Å²) in [5, 5.41) is 13.8.